The number of para-hydroxylation sites is 1. The summed E-state index contributed by atoms with van der Waals surface area (Å²) in [6, 6.07) is 7.73. The quantitative estimate of drug-likeness (QED) is 0.759. The number of halogens is 2. The average Bonchev–Trinajstić information content (AvgIpc) is 2.54. The number of hydrogen-bond donors (Lipinski definition) is 3. The van der Waals surface area contributed by atoms with Crippen LogP contribution >= 0.6 is 0 Å². The molecule has 2 rings (SSSR count). The highest BCUT2D eigenvalue weighted by molar-refractivity contribution is 5.92. The molecule has 0 fully saturated rings. The molecule has 0 aromatic heterocycles. The molecule has 3 N–H and O–H groups in total. The summed E-state index contributed by atoms with van der Waals surface area (Å²) in [4.78, 5) is 11.8. The van der Waals surface area contributed by atoms with Gasteiger partial charge in [-0.15, -0.1) is 0 Å². The van der Waals surface area contributed by atoms with E-state index in [4.69, 9.17) is 4.74 Å². The molecule has 0 aliphatic heterocycles. The minimum atomic E-state index is -0.638. The topological polar surface area (TPSA) is 78.8 Å². The minimum Gasteiger partial charge on any atom is -0.483 e. The number of nitrogens with one attached hydrogen (secondary N) is 1. The van der Waals surface area contributed by atoms with Crippen molar-refractivity contribution in [2.24, 2.45) is 0 Å². The Morgan fingerprint density at radius 2 is 1.70 bits per heavy atom. The fraction of sp³-hybridized carbons (Fsp3) is 0.188. The van der Waals surface area contributed by atoms with Gasteiger partial charge in [0.05, 0.1) is 18.9 Å². The van der Waals surface area contributed by atoms with Gasteiger partial charge < -0.3 is 20.3 Å². The van der Waals surface area contributed by atoms with E-state index in [1.165, 1.54) is 18.2 Å². The fourth-order valence-corrected chi connectivity index (χ4v) is 2.02. The molecule has 5 nitrogen and oxygen atoms in total. The molecule has 0 heterocycles. The largest absolute Gasteiger partial charge is 0.483 e. The lowest BCUT2D eigenvalue weighted by Gasteiger charge is -2.14. The Balaban J connectivity index is 2.08. The summed E-state index contributed by atoms with van der Waals surface area (Å²) >= 11 is 0. The van der Waals surface area contributed by atoms with E-state index in [1.54, 1.807) is 6.07 Å². The lowest BCUT2D eigenvalue weighted by molar-refractivity contribution is -0.118. The maximum Gasteiger partial charge on any atom is 0.262 e. The second-order valence-electron chi connectivity index (χ2n) is 4.69. The first-order valence-electron chi connectivity index (χ1n) is 6.75. The number of rotatable bonds is 6. The Morgan fingerprint density at radius 1 is 1.09 bits per heavy atom. The molecule has 2 aromatic rings. The predicted octanol–water partition coefficient (Wildman–Crippen LogP) is 1.97. The molecule has 122 valence electrons. The molecule has 1 amide bonds. The van der Waals surface area contributed by atoms with E-state index in [0.29, 0.717) is 0 Å². The highest BCUT2D eigenvalue weighted by Gasteiger charge is 2.14. The number of anilines is 1. The van der Waals surface area contributed by atoms with E-state index in [1.807, 2.05) is 0 Å². The van der Waals surface area contributed by atoms with E-state index in [2.05, 4.69) is 5.32 Å². The Bertz CT molecular complexity index is 681. The van der Waals surface area contributed by atoms with Crippen molar-refractivity contribution in [3.05, 3.63) is 59.2 Å². The first-order chi connectivity index (χ1) is 11.0. The average molecular weight is 323 g/mol. The van der Waals surface area contributed by atoms with Gasteiger partial charge in [-0.3, -0.25) is 4.79 Å². The van der Waals surface area contributed by atoms with Gasteiger partial charge in [-0.05, 0) is 24.3 Å². The Labute approximate surface area is 131 Å². The van der Waals surface area contributed by atoms with E-state index >= 15 is 0 Å². The Kier molecular flexibility index (Phi) is 5.61. The van der Waals surface area contributed by atoms with Crippen LogP contribution in [0.2, 0.25) is 0 Å². The van der Waals surface area contributed by atoms with Crippen LogP contribution in [0.1, 0.15) is 11.1 Å². The van der Waals surface area contributed by atoms with Crippen molar-refractivity contribution in [2.45, 2.75) is 13.2 Å². The van der Waals surface area contributed by atoms with Crippen molar-refractivity contribution in [2.75, 3.05) is 11.9 Å². The number of amides is 1. The van der Waals surface area contributed by atoms with Crippen molar-refractivity contribution in [1.29, 1.82) is 0 Å². The molecular weight excluding hydrogens is 308 g/mol. The van der Waals surface area contributed by atoms with E-state index < -0.39 is 37.4 Å². The molecule has 0 aliphatic carbocycles. The first kappa shape index (κ1) is 16.9. The van der Waals surface area contributed by atoms with Crippen molar-refractivity contribution in [1.82, 2.24) is 0 Å². The van der Waals surface area contributed by atoms with Gasteiger partial charge in [0, 0.05) is 11.1 Å². The van der Waals surface area contributed by atoms with Gasteiger partial charge in [-0.1, -0.05) is 12.1 Å². The molecule has 23 heavy (non-hydrogen) atoms. The van der Waals surface area contributed by atoms with Crippen LogP contribution in [0, 0.1) is 11.6 Å². The normalized spacial score (nSPS) is 10.4. The third-order valence-corrected chi connectivity index (χ3v) is 3.04. The summed E-state index contributed by atoms with van der Waals surface area (Å²) < 4.78 is 32.0. The zero-order valence-electron chi connectivity index (χ0n) is 12.1. The van der Waals surface area contributed by atoms with Crippen molar-refractivity contribution < 1.29 is 28.5 Å². The zero-order valence-corrected chi connectivity index (χ0v) is 12.1. The van der Waals surface area contributed by atoms with Crippen LogP contribution in [0.25, 0.3) is 0 Å². The summed E-state index contributed by atoms with van der Waals surface area (Å²) in [5.41, 5.74) is 0.213. The van der Waals surface area contributed by atoms with Gasteiger partial charge in [-0.2, -0.15) is 0 Å². The highest BCUT2D eigenvalue weighted by Crippen LogP contribution is 2.26. The van der Waals surface area contributed by atoms with E-state index in [9.17, 15) is 23.8 Å². The number of carbonyl (C=O) groups is 1. The Hall–Kier alpha value is -2.51. The van der Waals surface area contributed by atoms with Gasteiger partial charge in [0.2, 0.25) is 0 Å². The van der Waals surface area contributed by atoms with E-state index in [-0.39, 0.29) is 22.6 Å². The van der Waals surface area contributed by atoms with Gasteiger partial charge in [-0.25, -0.2) is 8.78 Å². The second-order valence-corrected chi connectivity index (χ2v) is 4.69. The van der Waals surface area contributed by atoms with Crippen LogP contribution in [0.4, 0.5) is 14.5 Å². The van der Waals surface area contributed by atoms with Crippen LogP contribution in [-0.2, 0) is 18.0 Å². The van der Waals surface area contributed by atoms with Crippen LogP contribution in [-0.4, -0.2) is 22.7 Å². The smallest absolute Gasteiger partial charge is 0.262 e. The van der Waals surface area contributed by atoms with Gasteiger partial charge >= 0.3 is 0 Å². The summed E-state index contributed by atoms with van der Waals surface area (Å²) in [7, 11) is 0. The summed E-state index contributed by atoms with van der Waals surface area (Å²) in [5.74, 6) is -1.83. The molecule has 0 saturated carbocycles. The van der Waals surface area contributed by atoms with Crippen LogP contribution in [0.15, 0.2) is 36.4 Å². The number of hydrogen-bond acceptors (Lipinski definition) is 4. The number of ether oxygens (including phenoxy) is 1. The van der Waals surface area contributed by atoms with Gasteiger partial charge in [0.15, 0.2) is 6.61 Å². The van der Waals surface area contributed by atoms with Crippen molar-refractivity contribution in [3.63, 3.8) is 0 Å². The summed E-state index contributed by atoms with van der Waals surface area (Å²) in [5, 5.41) is 20.8. The molecule has 0 atom stereocenters. The molecule has 0 aliphatic rings. The Morgan fingerprint density at radius 3 is 2.26 bits per heavy atom. The molecule has 0 spiro atoms. The maximum absolute atomic E-state index is 13.4. The lowest BCUT2D eigenvalue weighted by Crippen LogP contribution is -2.21. The third-order valence-electron chi connectivity index (χ3n) is 3.04. The highest BCUT2D eigenvalue weighted by atomic mass is 19.1. The predicted molar refractivity (Wildman–Crippen MR) is 78.8 cm³/mol. The minimum absolute atomic E-state index is 0.00460. The van der Waals surface area contributed by atoms with Gasteiger partial charge in [0.25, 0.3) is 5.91 Å². The molecule has 0 radical (unpaired) electrons. The maximum atomic E-state index is 13.4. The number of aliphatic hydroxyl groups is 2. The monoisotopic (exact) mass is 323 g/mol. The third kappa shape index (κ3) is 4.24. The second kappa shape index (κ2) is 7.66. The molecule has 7 heteroatoms. The fourth-order valence-electron chi connectivity index (χ4n) is 2.02. The molecule has 2 aromatic carbocycles. The van der Waals surface area contributed by atoms with Crippen molar-refractivity contribution in [3.8, 4) is 5.75 Å². The standard InChI is InChI=1S/C16H15F2NO4/c17-12-5-10(7-20)16(11(6-12)8-21)23-9-15(22)19-14-4-2-1-3-13(14)18/h1-6,20-21H,7-9H2,(H,19,22). The van der Waals surface area contributed by atoms with Crippen LogP contribution in [0.3, 0.4) is 0 Å². The van der Waals surface area contributed by atoms with E-state index in [0.717, 1.165) is 12.1 Å². The SMILES string of the molecule is O=C(COc1c(CO)cc(F)cc1CO)Nc1ccccc1F. The van der Waals surface area contributed by atoms with Crippen molar-refractivity contribution >= 4 is 11.6 Å². The van der Waals surface area contributed by atoms with Crippen LogP contribution < -0.4 is 10.1 Å². The molecular formula is C16H15F2NO4. The molecule has 0 unspecified atom stereocenters. The molecule has 0 bridgehead atoms. The van der Waals surface area contributed by atoms with Gasteiger partial charge in [0.1, 0.15) is 17.4 Å². The summed E-state index contributed by atoms with van der Waals surface area (Å²) in [6.07, 6.45) is 0. The lowest BCUT2D eigenvalue weighted by atomic mass is 10.1. The summed E-state index contributed by atoms with van der Waals surface area (Å²) in [6.45, 7) is -1.52. The number of benzene rings is 2. The number of carbonyl (C=O) groups excluding carboxylic acids is 1. The number of aliphatic hydroxyl groups excluding tert-OH is 2. The zero-order chi connectivity index (χ0) is 16.8. The molecule has 0 saturated heterocycles. The van der Waals surface area contributed by atoms with Crippen LogP contribution in [0.5, 0.6) is 5.75 Å². The first-order valence-corrected chi connectivity index (χ1v) is 6.75.